The van der Waals surface area contributed by atoms with Gasteiger partial charge in [-0.25, -0.2) is 9.97 Å². The van der Waals surface area contributed by atoms with Crippen LogP contribution in [0.1, 0.15) is 37.1 Å². The van der Waals surface area contributed by atoms with Crippen LogP contribution in [0, 0.1) is 12.8 Å². The van der Waals surface area contributed by atoms with Gasteiger partial charge < -0.3 is 9.73 Å². The fourth-order valence-corrected chi connectivity index (χ4v) is 3.50. The first-order valence-electron chi connectivity index (χ1n) is 9.44. The maximum atomic E-state index is 5.66. The summed E-state index contributed by atoms with van der Waals surface area (Å²) in [5.74, 6) is 4.44. The van der Waals surface area contributed by atoms with Gasteiger partial charge in [-0.1, -0.05) is 19.1 Å². The predicted octanol–water partition coefficient (Wildman–Crippen LogP) is 4.38. The van der Waals surface area contributed by atoms with Crippen LogP contribution in [0.2, 0.25) is 0 Å². The summed E-state index contributed by atoms with van der Waals surface area (Å²) >= 11 is 0. The molecule has 0 saturated carbocycles. The van der Waals surface area contributed by atoms with Crippen LogP contribution >= 0.6 is 0 Å². The lowest BCUT2D eigenvalue weighted by Gasteiger charge is -2.29. The number of para-hydroxylation sites is 1. The molecule has 0 unspecified atom stereocenters. The van der Waals surface area contributed by atoms with Crippen molar-refractivity contribution in [2.24, 2.45) is 5.92 Å². The smallest absolute Gasteiger partial charge is 0.145 e. The second-order valence-corrected chi connectivity index (χ2v) is 7.33. The molecular formula is C21H26N4O. The maximum absolute atomic E-state index is 5.66. The van der Waals surface area contributed by atoms with E-state index in [1.54, 1.807) is 0 Å². The van der Waals surface area contributed by atoms with Crippen molar-refractivity contribution in [2.75, 3.05) is 18.4 Å². The van der Waals surface area contributed by atoms with Crippen molar-refractivity contribution in [1.29, 1.82) is 0 Å². The van der Waals surface area contributed by atoms with Gasteiger partial charge in [0.05, 0.1) is 18.6 Å². The summed E-state index contributed by atoms with van der Waals surface area (Å²) in [4.78, 5) is 12.1. The van der Waals surface area contributed by atoms with E-state index in [4.69, 9.17) is 14.4 Å². The number of anilines is 1. The van der Waals surface area contributed by atoms with Gasteiger partial charge in [0.15, 0.2) is 0 Å². The zero-order chi connectivity index (χ0) is 17.9. The van der Waals surface area contributed by atoms with Gasteiger partial charge in [0.2, 0.25) is 0 Å². The highest BCUT2D eigenvalue weighted by molar-refractivity contribution is 5.88. The fourth-order valence-electron chi connectivity index (χ4n) is 3.50. The van der Waals surface area contributed by atoms with E-state index < -0.39 is 0 Å². The molecule has 3 aromatic rings. The Bertz CT molecular complexity index is 881. The van der Waals surface area contributed by atoms with Crippen LogP contribution in [0.5, 0.6) is 0 Å². The number of nitrogens with one attached hydrogen (secondary N) is 1. The molecule has 0 atom stereocenters. The molecular weight excluding hydrogens is 324 g/mol. The number of aromatic nitrogens is 2. The van der Waals surface area contributed by atoms with Crippen molar-refractivity contribution in [1.82, 2.24) is 14.9 Å². The molecule has 5 heteroatoms. The van der Waals surface area contributed by atoms with Gasteiger partial charge in [-0.2, -0.15) is 0 Å². The summed E-state index contributed by atoms with van der Waals surface area (Å²) in [6, 6.07) is 12.2. The van der Waals surface area contributed by atoms with E-state index in [2.05, 4.69) is 29.3 Å². The van der Waals surface area contributed by atoms with E-state index in [1.807, 2.05) is 31.2 Å². The van der Waals surface area contributed by atoms with Crippen molar-refractivity contribution in [2.45, 2.75) is 39.8 Å². The summed E-state index contributed by atoms with van der Waals surface area (Å²) in [6.07, 6.45) is 2.52. The summed E-state index contributed by atoms with van der Waals surface area (Å²) < 4.78 is 5.66. The maximum Gasteiger partial charge on any atom is 0.145 e. The van der Waals surface area contributed by atoms with Gasteiger partial charge in [0, 0.05) is 5.39 Å². The Morgan fingerprint density at radius 3 is 2.69 bits per heavy atom. The first-order chi connectivity index (χ1) is 12.7. The SMILES string of the molecule is Cc1ccc(CNc2nc(CN3CCC(C)CC3)nc3ccccc23)o1. The average Bonchev–Trinajstić information content (AvgIpc) is 3.07. The second kappa shape index (κ2) is 7.46. The topological polar surface area (TPSA) is 54.2 Å². The van der Waals surface area contributed by atoms with Crippen molar-refractivity contribution in [3.63, 3.8) is 0 Å². The minimum atomic E-state index is 0.621. The minimum absolute atomic E-state index is 0.621. The van der Waals surface area contributed by atoms with Gasteiger partial charge in [0.1, 0.15) is 23.2 Å². The third-order valence-corrected chi connectivity index (χ3v) is 5.12. The lowest BCUT2D eigenvalue weighted by Crippen LogP contribution is -2.33. The number of hydrogen-bond acceptors (Lipinski definition) is 5. The van der Waals surface area contributed by atoms with Crippen LogP contribution in [0.3, 0.4) is 0 Å². The first-order valence-corrected chi connectivity index (χ1v) is 9.44. The molecule has 1 aromatic carbocycles. The first kappa shape index (κ1) is 17.0. The van der Waals surface area contributed by atoms with Gasteiger partial charge >= 0.3 is 0 Å². The highest BCUT2D eigenvalue weighted by Gasteiger charge is 2.17. The second-order valence-electron chi connectivity index (χ2n) is 7.33. The number of fused-ring (bicyclic) bond motifs is 1. The third-order valence-electron chi connectivity index (χ3n) is 5.12. The Morgan fingerprint density at radius 1 is 1.12 bits per heavy atom. The normalized spacial score (nSPS) is 16.2. The van der Waals surface area contributed by atoms with Crippen LogP contribution in [0.25, 0.3) is 10.9 Å². The van der Waals surface area contributed by atoms with E-state index >= 15 is 0 Å². The molecule has 3 heterocycles. The van der Waals surface area contributed by atoms with Crippen molar-refractivity contribution in [3.05, 3.63) is 53.7 Å². The fraction of sp³-hybridized carbons (Fsp3) is 0.429. The molecule has 2 aromatic heterocycles. The number of hydrogen-bond donors (Lipinski definition) is 1. The van der Waals surface area contributed by atoms with E-state index in [1.165, 1.54) is 12.8 Å². The number of aryl methyl sites for hydroxylation is 1. The zero-order valence-electron chi connectivity index (χ0n) is 15.5. The molecule has 1 saturated heterocycles. The van der Waals surface area contributed by atoms with Crippen molar-refractivity contribution in [3.8, 4) is 0 Å². The molecule has 1 N–H and O–H groups in total. The Kier molecular flexibility index (Phi) is 4.89. The van der Waals surface area contributed by atoms with Crippen LogP contribution in [0.4, 0.5) is 5.82 Å². The van der Waals surface area contributed by atoms with Crippen LogP contribution in [-0.4, -0.2) is 28.0 Å². The molecule has 0 aliphatic carbocycles. The molecule has 26 heavy (non-hydrogen) atoms. The summed E-state index contributed by atoms with van der Waals surface area (Å²) in [5, 5.41) is 4.49. The number of nitrogens with zero attached hydrogens (tertiary/aromatic N) is 3. The van der Waals surface area contributed by atoms with Crippen molar-refractivity contribution >= 4 is 16.7 Å². The molecule has 0 amide bonds. The lowest BCUT2D eigenvalue weighted by atomic mass is 9.99. The number of likely N-dealkylation sites (tertiary alicyclic amines) is 1. The van der Waals surface area contributed by atoms with Crippen LogP contribution in [0.15, 0.2) is 40.8 Å². The highest BCUT2D eigenvalue weighted by atomic mass is 16.3. The largest absolute Gasteiger partial charge is 0.465 e. The van der Waals surface area contributed by atoms with Crippen molar-refractivity contribution < 1.29 is 4.42 Å². The van der Waals surface area contributed by atoms with Gasteiger partial charge in [0.25, 0.3) is 0 Å². The standard InChI is InChI=1S/C21H26N4O/c1-15-9-11-25(12-10-15)14-20-23-19-6-4-3-5-18(19)21(24-20)22-13-17-8-7-16(2)26-17/h3-8,15H,9-14H2,1-2H3,(H,22,23,24). The molecule has 1 aliphatic rings. The summed E-state index contributed by atoms with van der Waals surface area (Å²) in [6.45, 7) is 7.99. The van der Waals surface area contributed by atoms with Gasteiger partial charge in [-0.3, -0.25) is 4.90 Å². The highest BCUT2D eigenvalue weighted by Crippen LogP contribution is 2.23. The Labute approximate surface area is 154 Å². The number of benzene rings is 1. The summed E-state index contributed by atoms with van der Waals surface area (Å²) in [7, 11) is 0. The van der Waals surface area contributed by atoms with E-state index in [9.17, 15) is 0 Å². The molecule has 0 spiro atoms. The lowest BCUT2D eigenvalue weighted by molar-refractivity contribution is 0.181. The summed E-state index contributed by atoms with van der Waals surface area (Å²) in [5.41, 5.74) is 0.987. The average molecular weight is 350 g/mol. The molecule has 1 fully saturated rings. The molecule has 5 nitrogen and oxygen atoms in total. The Hall–Kier alpha value is -2.40. The Balaban J connectivity index is 1.56. The minimum Gasteiger partial charge on any atom is -0.465 e. The third kappa shape index (κ3) is 3.88. The van der Waals surface area contributed by atoms with E-state index in [-0.39, 0.29) is 0 Å². The van der Waals surface area contributed by atoms with Crippen LogP contribution in [-0.2, 0) is 13.1 Å². The van der Waals surface area contributed by atoms with Crippen LogP contribution < -0.4 is 5.32 Å². The number of rotatable bonds is 5. The Morgan fingerprint density at radius 2 is 1.92 bits per heavy atom. The molecule has 4 rings (SSSR count). The van der Waals surface area contributed by atoms with Gasteiger partial charge in [-0.15, -0.1) is 0 Å². The molecule has 0 bridgehead atoms. The van der Waals surface area contributed by atoms with Gasteiger partial charge in [-0.05, 0) is 63.0 Å². The zero-order valence-corrected chi connectivity index (χ0v) is 15.5. The molecule has 1 aliphatic heterocycles. The predicted molar refractivity (Wildman–Crippen MR) is 104 cm³/mol. The van der Waals surface area contributed by atoms with E-state index in [0.717, 1.165) is 59.6 Å². The quantitative estimate of drug-likeness (QED) is 0.740. The molecule has 0 radical (unpaired) electrons. The number of piperidine rings is 1. The molecule has 136 valence electrons. The number of furan rings is 1. The monoisotopic (exact) mass is 350 g/mol. The van der Waals surface area contributed by atoms with E-state index in [0.29, 0.717) is 6.54 Å².